The third-order valence-electron chi connectivity index (χ3n) is 20.2. The highest BCUT2D eigenvalue weighted by Gasteiger charge is 2.25. The molecule has 0 unspecified atom stereocenters. The molecule has 476 valence electrons. The summed E-state index contributed by atoms with van der Waals surface area (Å²) >= 11 is 0. The first kappa shape index (κ1) is 58.3. The number of fused-ring (bicyclic) bond motifs is 16. The van der Waals surface area contributed by atoms with Crippen molar-refractivity contribution in [2.24, 2.45) is 0 Å². The minimum absolute atomic E-state index is 0.699. The topological polar surface area (TPSA) is 71.3 Å². The van der Waals surface area contributed by atoms with E-state index >= 15 is 0 Å². The van der Waals surface area contributed by atoms with E-state index in [4.69, 9.17) is 19.9 Å². The first-order valence-electron chi connectivity index (χ1n) is 34.6. The molecule has 0 aliphatic carbocycles. The van der Waals surface area contributed by atoms with Crippen molar-refractivity contribution in [2.75, 3.05) is 0 Å². The van der Waals surface area contributed by atoms with Gasteiger partial charge < -0.3 is 18.3 Å². The van der Waals surface area contributed by atoms with Crippen molar-refractivity contribution in [3.63, 3.8) is 0 Å². The van der Waals surface area contributed by atoms with E-state index in [1.807, 2.05) is 6.07 Å². The summed E-state index contributed by atoms with van der Waals surface area (Å²) in [5, 5.41) is 12.2. The molecular weight excluding hydrogens is 1240 g/mol. The van der Waals surface area contributed by atoms with Crippen LogP contribution in [-0.2, 0) is 0 Å². The van der Waals surface area contributed by atoms with Gasteiger partial charge in [0.1, 0.15) is 11.0 Å². The molecule has 0 spiro atoms. The van der Waals surface area contributed by atoms with Gasteiger partial charge in [0, 0.05) is 82.7 Å². The van der Waals surface area contributed by atoms with Crippen molar-refractivity contribution < 1.29 is 0 Å². The summed E-state index contributed by atoms with van der Waals surface area (Å²) in [5.74, 6) is 1.40. The molecule has 8 nitrogen and oxygen atoms in total. The summed E-state index contributed by atoms with van der Waals surface area (Å²) in [6, 6.07) is 129. The molecule has 0 aliphatic rings. The van der Waals surface area contributed by atoms with Crippen LogP contribution in [0, 0.1) is 0 Å². The first-order chi connectivity index (χ1) is 50.6. The third kappa shape index (κ3) is 9.53. The van der Waals surface area contributed by atoms with Crippen LogP contribution in [0.2, 0.25) is 0 Å². The lowest BCUT2D eigenvalue weighted by atomic mass is 9.99. The second-order valence-electron chi connectivity index (χ2n) is 26.0. The van der Waals surface area contributed by atoms with Crippen molar-refractivity contribution in [1.82, 2.24) is 38.2 Å². The monoisotopic (exact) mass is 1300 g/mol. The summed E-state index contributed by atoms with van der Waals surface area (Å²) in [6.07, 6.45) is 0. The molecule has 102 heavy (non-hydrogen) atoms. The van der Waals surface area contributed by atoms with Gasteiger partial charge in [0.15, 0.2) is 11.6 Å². The van der Waals surface area contributed by atoms with Crippen LogP contribution in [-0.4, -0.2) is 38.2 Å². The minimum atomic E-state index is 0.699. The van der Waals surface area contributed by atoms with Crippen LogP contribution in [0.3, 0.4) is 0 Å². The second kappa shape index (κ2) is 24.0. The van der Waals surface area contributed by atoms with Crippen LogP contribution < -0.4 is 0 Å². The Morgan fingerprint density at radius 2 is 0.569 bits per heavy atom. The fraction of sp³-hybridized carbons (Fsp3) is 0. The number of hydrogen-bond acceptors (Lipinski definition) is 4. The van der Waals surface area contributed by atoms with Crippen LogP contribution in [0.15, 0.2) is 364 Å². The third-order valence-corrected chi connectivity index (χ3v) is 20.2. The molecule has 0 amide bonds. The summed E-state index contributed by atoms with van der Waals surface area (Å²) in [6.45, 7) is 0. The summed E-state index contributed by atoms with van der Waals surface area (Å²) in [5.41, 5.74) is 23.4. The molecule has 0 bridgehead atoms. The fourth-order valence-corrected chi connectivity index (χ4v) is 15.7. The number of hydrogen-bond donors (Lipinski definition) is 0. The van der Waals surface area contributed by atoms with Crippen LogP contribution in [0.25, 0.3) is 188 Å². The van der Waals surface area contributed by atoms with E-state index in [0.717, 1.165) is 111 Å². The highest BCUT2D eigenvalue weighted by molar-refractivity contribution is 6.22. The molecule has 0 aliphatic heterocycles. The van der Waals surface area contributed by atoms with Crippen LogP contribution in [0.1, 0.15) is 0 Å². The lowest BCUT2D eigenvalue weighted by Crippen LogP contribution is -2.00. The average molecular weight is 1300 g/mol. The number of aromatic nitrogens is 8. The number of nitrogens with zero attached hydrogens (tertiary/aromatic N) is 8. The molecule has 6 aromatic heterocycles. The molecule has 6 heterocycles. The molecular formula is C94H60N8. The van der Waals surface area contributed by atoms with Crippen molar-refractivity contribution in [3.05, 3.63) is 364 Å². The Kier molecular flexibility index (Phi) is 13.7. The molecule has 0 saturated carbocycles. The molecule has 0 fully saturated rings. The highest BCUT2D eigenvalue weighted by atomic mass is 15.1. The Morgan fingerprint density at radius 1 is 0.186 bits per heavy atom. The smallest absolute Gasteiger partial charge is 0.160 e. The molecule has 0 radical (unpaired) electrons. The van der Waals surface area contributed by atoms with Crippen molar-refractivity contribution >= 4 is 109 Å². The largest absolute Gasteiger partial charge is 0.309 e. The van der Waals surface area contributed by atoms with Gasteiger partial charge in [-0.2, -0.15) is 0 Å². The predicted molar refractivity (Wildman–Crippen MR) is 424 cm³/mol. The van der Waals surface area contributed by atoms with Gasteiger partial charge in [-0.05, 0) is 118 Å². The van der Waals surface area contributed by atoms with E-state index in [2.05, 4.69) is 376 Å². The Labute approximate surface area is 586 Å². The molecule has 0 saturated heterocycles. The zero-order valence-corrected chi connectivity index (χ0v) is 55.2. The van der Waals surface area contributed by atoms with Crippen LogP contribution in [0.5, 0.6) is 0 Å². The van der Waals surface area contributed by atoms with E-state index in [1.165, 1.54) is 65.2 Å². The van der Waals surface area contributed by atoms with E-state index in [9.17, 15) is 0 Å². The standard InChI is InChI=1S/C50H32N4.C44H28N4/c1-4-16-34(17-5-1)46-49-47(42-25-12-13-26-44(42)54(49)39-22-8-3-9-23-39)52-50(51-46)37-19-14-18-35(31-37)36-28-30-45-43(32-36)41-29-27-33-15-10-11-24-40(33)48(41)53(45)38-20-6-2-7-21-38;1-3-15-30(16-4-1)41-43-42(36-23-10-12-25-38(36)48(43)32-18-5-2-6-19-32)46-44(45-41)31-17-13-20-33(28-31)47-37-24-11-9-22-35(37)40-34-21-8-7-14-29(34)26-27-39(40)47/h1-32H;1-28H. The minimum Gasteiger partial charge on any atom is -0.309 e. The van der Waals surface area contributed by atoms with Gasteiger partial charge in [0.2, 0.25) is 0 Å². The van der Waals surface area contributed by atoms with E-state index in [1.54, 1.807) is 0 Å². The van der Waals surface area contributed by atoms with Crippen molar-refractivity contribution in [2.45, 2.75) is 0 Å². The molecule has 0 N–H and O–H groups in total. The number of benzene rings is 15. The fourth-order valence-electron chi connectivity index (χ4n) is 15.7. The van der Waals surface area contributed by atoms with Gasteiger partial charge >= 0.3 is 0 Å². The quantitative estimate of drug-likeness (QED) is 0.144. The van der Waals surface area contributed by atoms with Crippen LogP contribution >= 0.6 is 0 Å². The normalized spacial score (nSPS) is 11.7. The lowest BCUT2D eigenvalue weighted by molar-refractivity contribution is 1.14. The maximum atomic E-state index is 5.38. The van der Waals surface area contributed by atoms with Crippen molar-refractivity contribution in [3.8, 4) is 79.2 Å². The lowest BCUT2D eigenvalue weighted by Gasteiger charge is -2.13. The average Bonchev–Trinajstić information content (AvgIpc) is 1.60. The summed E-state index contributed by atoms with van der Waals surface area (Å²) < 4.78 is 9.39. The number of rotatable bonds is 9. The second-order valence-corrected chi connectivity index (χ2v) is 26.0. The summed E-state index contributed by atoms with van der Waals surface area (Å²) in [4.78, 5) is 21.5. The van der Waals surface area contributed by atoms with Gasteiger partial charge in [-0.25, -0.2) is 19.9 Å². The number of para-hydroxylation sites is 6. The van der Waals surface area contributed by atoms with Gasteiger partial charge in [0.05, 0.1) is 55.5 Å². The Bertz CT molecular complexity index is 6850. The first-order valence-corrected chi connectivity index (χ1v) is 34.6. The molecule has 15 aromatic carbocycles. The Balaban J connectivity index is 0.000000138. The Hall–Kier alpha value is -13.8. The van der Waals surface area contributed by atoms with Crippen molar-refractivity contribution in [1.29, 1.82) is 0 Å². The van der Waals surface area contributed by atoms with E-state index < -0.39 is 0 Å². The predicted octanol–water partition coefficient (Wildman–Crippen LogP) is 24.0. The van der Waals surface area contributed by atoms with E-state index in [0.29, 0.717) is 11.6 Å². The molecule has 21 aromatic rings. The van der Waals surface area contributed by atoms with Crippen LogP contribution in [0.4, 0.5) is 0 Å². The maximum Gasteiger partial charge on any atom is 0.160 e. The maximum absolute atomic E-state index is 5.38. The van der Waals surface area contributed by atoms with E-state index in [-0.39, 0.29) is 0 Å². The summed E-state index contributed by atoms with van der Waals surface area (Å²) in [7, 11) is 0. The SMILES string of the molecule is c1ccc(-c2nc(-c3cccc(-c4ccc5c(c4)c4ccc6ccccc6c4n5-c4ccccc4)c3)nc3c4ccccc4n(-c4ccccc4)c23)cc1.c1ccc(-c2nc(-c3cccc(-n4c5ccccc5c5c6ccccc6ccc54)c3)nc3c4ccccc4n(-c4ccccc4)c23)cc1. The highest BCUT2D eigenvalue weighted by Crippen LogP contribution is 2.44. The van der Waals surface area contributed by atoms with Gasteiger partial charge in [-0.15, -0.1) is 0 Å². The van der Waals surface area contributed by atoms with Gasteiger partial charge in [-0.1, -0.05) is 273 Å². The molecule has 0 atom stereocenters. The zero-order valence-electron chi connectivity index (χ0n) is 55.2. The Morgan fingerprint density at radius 3 is 1.14 bits per heavy atom. The van der Waals surface area contributed by atoms with Gasteiger partial charge in [-0.3, -0.25) is 0 Å². The van der Waals surface area contributed by atoms with Gasteiger partial charge in [0.25, 0.3) is 0 Å². The molecule has 21 rings (SSSR count). The molecule has 8 heteroatoms. The zero-order chi connectivity index (χ0) is 67.2.